The van der Waals surface area contributed by atoms with Gasteiger partial charge in [-0.2, -0.15) is 0 Å². The highest BCUT2D eigenvalue weighted by Gasteiger charge is 2.17. The van der Waals surface area contributed by atoms with Crippen molar-refractivity contribution in [2.45, 2.75) is 46.1 Å². The molecule has 84 valence electrons. The van der Waals surface area contributed by atoms with Gasteiger partial charge in [-0.3, -0.25) is 0 Å². The molecule has 0 saturated carbocycles. The number of piperidine rings is 1. The van der Waals surface area contributed by atoms with Gasteiger partial charge in [-0.15, -0.1) is 0 Å². The Morgan fingerprint density at radius 3 is 2.43 bits per heavy atom. The molecule has 1 saturated heterocycles. The summed E-state index contributed by atoms with van der Waals surface area (Å²) in [5.74, 6) is 0.923. The maximum Gasteiger partial charge on any atom is 0.00362 e. The van der Waals surface area contributed by atoms with Gasteiger partial charge in [-0.1, -0.05) is 13.8 Å². The van der Waals surface area contributed by atoms with Crippen LogP contribution in [0.3, 0.4) is 0 Å². The van der Waals surface area contributed by atoms with Gasteiger partial charge in [0, 0.05) is 6.04 Å². The normalized spacial score (nSPS) is 22.5. The molecule has 2 nitrogen and oxygen atoms in total. The highest BCUT2D eigenvalue weighted by atomic mass is 15.1. The molecule has 1 heterocycles. The number of nitrogens with one attached hydrogen (secondary N) is 1. The van der Waals surface area contributed by atoms with E-state index in [-0.39, 0.29) is 0 Å². The van der Waals surface area contributed by atoms with Gasteiger partial charge in [0.1, 0.15) is 0 Å². The number of likely N-dealkylation sites (tertiary alicyclic amines) is 1. The van der Waals surface area contributed by atoms with E-state index in [0.29, 0.717) is 6.04 Å². The number of hydrogen-bond acceptors (Lipinski definition) is 2. The first-order valence-electron chi connectivity index (χ1n) is 6.22. The molecule has 0 bridgehead atoms. The van der Waals surface area contributed by atoms with Crippen LogP contribution in [0.2, 0.25) is 0 Å². The monoisotopic (exact) mass is 198 g/mol. The van der Waals surface area contributed by atoms with Crippen molar-refractivity contribution in [3.05, 3.63) is 0 Å². The molecular weight excluding hydrogens is 172 g/mol. The Bertz CT molecular complexity index is 139. The lowest BCUT2D eigenvalue weighted by molar-refractivity contribution is 0.188. The first-order valence-corrected chi connectivity index (χ1v) is 6.22. The second-order valence-corrected chi connectivity index (χ2v) is 4.60. The molecule has 14 heavy (non-hydrogen) atoms. The van der Waals surface area contributed by atoms with Crippen LogP contribution in [0.5, 0.6) is 0 Å². The number of rotatable bonds is 5. The van der Waals surface area contributed by atoms with Gasteiger partial charge in [-0.25, -0.2) is 0 Å². The van der Waals surface area contributed by atoms with Gasteiger partial charge >= 0.3 is 0 Å². The lowest BCUT2D eigenvalue weighted by Gasteiger charge is -2.31. The van der Waals surface area contributed by atoms with E-state index in [1.807, 2.05) is 0 Å². The molecule has 0 aromatic rings. The summed E-state index contributed by atoms with van der Waals surface area (Å²) in [7, 11) is 0. The average molecular weight is 198 g/mol. The summed E-state index contributed by atoms with van der Waals surface area (Å²) in [6.45, 7) is 11.9. The van der Waals surface area contributed by atoms with E-state index in [9.17, 15) is 0 Å². The van der Waals surface area contributed by atoms with Crippen molar-refractivity contribution in [2.75, 3.05) is 26.2 Å². The van der Waals surface area contributed by atoms with Crippen LogP contribution in [-0.4, -0.2) is 37.1 Å². The minimum absolute atomic E-state index is 0.694. The van der Waals surface area contributed by atoms with Crippen LogP contribution in [0.1, 0.15) is 40.0 Å². The maximum absolute atomic E-state index is 3.62. The van der Waals surface area contributed by atoms with Gasteiger partial charge in [0.25, 0.3) is 0 Å². The zero-order chi connectivity index (χ0) is 10.4. The van der Waals surface area contributed by atoms with Crippen molar-refractivity contribution in [1.82, 2.24) is 10.2 Å². The Balaban J connectivity index is 2.10. The van der Waals surface area contributed by atoms with Crippen LogP contribution in [-0.2, 0) is 0 Å². The zero-order valence-electron chi connectivity index (χ0n) is 10.1. The van der Waals surface area contributed by atoms with Crippen LogP contribution < -0.4 is 5.32 Å². The predicted octanol–water partition coefficient (Wildman–Crippen LogP) is 2.11. The molecule has 0 spiro atoms. The first kappa shape index (κ1) is 12.0. The molecule has 0 aliphatic carbocycles. The standard InChI is InChI=1S/C12H26N2/c1-4-11(3)13-10-12-6-8-14(5-2)9-7-12/h11-13H,4-10H2,1-3H3. The summed E-state index contributed by atoms with van der Waals surface area (Å²) < 4.78 is 0. The van der Waals surface area contributed by atoms with E-state index in [1.54, 1.807) is 0 Å². The lowest BCUT2D eigenvalue weighted by atomic mass is 9.96. The molecule has 0 aromatic heterocycles. The molecule has 1 unspecified atom stereocenters. The van der Waals surface area contributed by atoms with Gasteiger partial charge in [0.15, 0.2) is 0 Å². The van der Waals surface area contributed by atoms with Crippen molar-refractivity contribution in [3.63, 3.8) is 0 Å². The van der Waals surface area contributed by atoms with Crippen LogP contribution in [0.25, 0.3) is 0 Å². The summed E-state index contributed by atoms with van der Waals surface area (Å²) in [4.78, 5) is 2.56. The van der Waals surface area contributed by atoms with E-state index in [1.165, 1.54) is 45.4 Å². The Labute approximate surface area is 89.1 Å². The second-order valence-electron chi connectivity index (χ2n) is 4.60. The van der Waals surface area contributed by atoms with Crippen LogP contribution >= 0.6 is 0 Å². The largest absolute Gasteiger partial charge is 0.314 e. The van der Waals surface area contributed by atoms with Gasteiger partial charge in [0.05, 0.1) is 0 Å². The van der Waals surface area contributed by atoms with E-state index in [2.05, 4.69) is 31.0 Å². The van der Waals surface area contributed by atoms with Crippen LogP contribution in [0.4, 0.5) is 0 Å². The van der Waals surface area contributed by atoms with Crippen molar-refractivity contribution < 1.29 is 0 Å². The minimum Gasteiger partial charge on any atom is -0.314 e. The van der Waals surface area contributed by atoms with E-state index >= 15 is 0 Å². The quantitative estimate of drug-likeness (QED) is 0.728. The van der Waals surface area contributed by atoms with Crippen molar-refractivity contribution >= 4 is 0 Å². The van der Waals surface area contributed by atoms with Crippen molar-refractivity contribution in [1.29, 1.82) is 0 Å². The van der Waals surface area contributed by atoms with Crippen molar-refractivity contribution in [3.8, 4) is 0 Å². The highest BCUT2D eigenvalue weighted by Crippen LogP contribution is 2.15. The Kier molecular flexibility index (Phi) is 5.49. The molecule has 1 aliphatic heterocycles. The third-order valence-electron chi connectivity index (χ3n) is 3.52. The average Bonchev–Trinajstić information content (AvgIpc) is 2.26. The molecule has 1 atom stereocenters. The number of hydrogen-bond donors (Lipinski definition) is 1. The lowest BCUT2D eigenvalue weighted by Crippen LogP contribution is -2.38. The molecule has 1 aliphatic rings. The van der Waals surface area contributed by atoms with Gasteiger partial charge in [-0.05, 0) is 58.3 Å². The van der Waals surface area contributed by atoms with Crippen LogP contribution in [0.15, 0.2) is 0 Å². The summed E-state index contributed by atoms with van der Waals surface area (Å²) in [5, 5.41) is 3.62. The fourth-order valence-electron chi connectivity index (χ4n) is 2.02. The molecular formula is C12H26N2. The summed E-state index contributed by atoms with van der Waals surface area (Å²) in [6, 6.07) is 0.694. The summed E-state index contributed by atoms with van der Waals surface area (Å²) >= 11 is 0. The van der Waals surface area contributed by atoms with Gasteiger partial charge in [0.2, 0.25) is 0 Å². The van der Waals surface area contributed by atoms with Crippen LogP contribution in [0, 0.1) is 5.92 Å². The molecule has 0 amide bonds. The van der Waals surface area contributed by atoms with Gasteiger partial charge < -0.3 is 10.2 Å². The summed E-state index contributed by atoms with van der Waals surface area (Å²) in [6.07, 6.45) is 4.02. The predicted molar refractivity (Wildman–Crippen MR) is 62.6 cm³/mol. The third kappa shape index (κ3) is 3.97. The third-order valence-corrected chi connectivity index (χ3v) is 3.52. The van der Waals surface area contributed by atoms with Crippen molar-refractivity contribution in [2.24, 2.45) is 5.92 Å². The second kappa shape index (κ2) is 6.41. The number of nitrogens with zero attached hydrogens (tertiary/aromatic N) is 1. The Morgan fingerprint density at radius 1 is 1.29 bits per heavy atom. The summed E-state index contributed by atoms with van der Waals surface area (Å²) in [5.41, 5.74) is 0. The molecule has 1 rings (SSSR count). The molecule has 0 radical (unpaired) electrons. The minimum atomic E-state index is 0.694. The van der Waals surface area contributed by atoms with E-state index < -0.39 is 0 Å². The fraction of sp³-hybridized carbons (Fsp3) is 1.00. The fourth-order valence-corrected chi connectivity index (χ4v) is 2.02. The molecule has 0 aromatic carbocycles. The molecule has 1 N–H and O–H groups in total. The first-order chi connectivity index (χ1) is 6.76. The molecule has 1 fully saturated rings. The Hall–Kier alpha value is -0.0800. The highest BCUT2D eigenvalue weighted by molar-refractivity contribution is 4.74. The zero-order valence-corrected chi connectivity index (χ0v) is 10.1. The maximum atomic E-state index is 3.62. The Morgan fingerprint density at radius 2 is 1.93 bits per heavy atom. The van der Waals surface area contributed by atoms with E-state index in [0.717, 1.165) is 5.92 Å². The topological polar surface area (TPSA) is 15.3 Å². The smallest absolute Gasteiger partial charge is 0.00362 e. The van der Waals surface area contributed by atoms with E-state index in [4.69, 9.17) is 0 Å². The SMILES string of the molecule is CCC(C)NCC1CCN(CC)CC1. The molecule has 2 heteroatoms.